The van der Waals surface area contributed by atoms with Crippen molar-refractivity contribution in [3.05, 3.63) is 0 Å². The van der Waals surface area contributed by atoms with E-state index < -0.39 is 11.5 Å². The molecule has 1 atom stereocenters. The topological polar surface area (TPSA) is 76.4 Å². The highest BCUT2D eigenvalue weighted by Crippen LogP contribution is 2.22. The zero-order chi connectivity index (χ0) is 12.7. The van der Waals surface area contributed by atoms with Crippen molar-refractivity contribution < 1.29 is 9.90 Å². The summed E-state index contributed by atoms with van der Waals surface area (Å²) in [6.07, 6.45) is 2.36. The Labute approximate surface area is 102 Å². The van der Waals surface area contributed by atoms with Crippen LogP contribution in [0.2, 0.25) is 0 Å². The van der Waals surface area contributed by atoms with Crippen LogP contribution in [-0.4, -0.2) is 47.7 Å². The van der Waals surface area contributed by atoms with Crippen LogP contribution in [0, 0.1) is 11.3 Å². The van der Waals surface area contributed by atoms with Crippen molar-refractivity contribution in [1.82, 2.24) is 10.2 Å². The maximum absolute atomic E-state index is 10.5. The SMILES string of the molecule is CC(C#N)(CCCC(=O)O)N1CCCNCC1. The number of hydrogen-bond donors (Lipinski definition) is 2. The van der Waals surface area contributed by atoms with Crippen LogP contribution in [0.1, 0.15) is 32.6 Å². The number of rotatable bonds is 5. The van der Waals surface area contributed by atoms with Gasteiger partial charge < -0.3 is 10.4 Å². The van der Waals surface area contributed by atoms with Crippen LogP contribution in [0.3, 0.4) is 0 Å². The van der Waals surface area contributed by atoms with Crippen LogP contribution in [-0.2, 0) is 4.79 Å². The molecule has 0 bridgehead atoms. The molecule has 0 amide bonds. The molecule has 1 unspecified atom stereocenters. The Morgan fingerprint density at radius 2 is 2.29 bits per heavy atom. The van der Waals surface area contributed by atoms with E-state index in [1.54, 1.807) is 0 Å². The lowest BCUT2D eigenvalue weighted by Crippen LogP contribution is -2.47. The molecule has 17 heavy (non-hydrogen) atoms. The molecule has 0 spiro atoms. The minimum atomic E-state index is -0.789. The molecule has 0 aliphatic carbocycles. The van der Waals surface area contributed by atoms with Crippen molar-refractivity contribution in [2.24, 2.45) is 0 Å². The summed E-state index contributed by atoms with van der Waals surface area (Å²) >= 11 is 0. The van der Waals surface area contributed by atoms with Gasteiger partial charge in [0, 0.05) is 26.1 Å². The Morgan fingerprint density at radius 3 is 2.94 bits per heavy atom. The summed E-state index contributed by atoms with van der Waals surface area (Å²) in [6.45, 7) is 5.57. The monoisotopic (exact) mass is 239 g/mol. The number of aliphatic carboxylic acids is 1. The van der Waals surface area contributed by atoms with Gasteiger partial charge in [0.15, 0.2) is 0 Å². The maximum atomic E-state index is 10.5. The first kappa shape index (κ1) is 13.9. The first-order valence-corrected chi connectivity index (χ1v) is 6.17. The molecular formula is C12H21N3O2. The quantitative estimate of drug-likeness (QED) is 0.742. The van der Waals surface area contributed by atoms with Gasteiger partial charge in [-0.3, -0.25) is 9.69 Å². The van der Waals surface area contributed by atoms with Crippen LogP contribution in [0.4, 0.5) is 0 Å². The van der Waals surface area contributed by atoms with E-state index in [-0.39, 0.29) is 6.42 Å². The number of carboxylic acid groups (broad SMARTS) is 1. The third kappa shape index (κ3) is 4.33. The third-order valence-electron chi connectivity index (χ3n) is 3.33. The van der Waals surface area contributed by atoms with E-state index in [4.69, 9.17) is 5.11 Å². The maximum Gasteiger partial charge on any atom is 0.303 e. The Bertz CT molecular complexity index is 293. The molecule has 0 radical (unpaired) electrons. The van der Waals surface area contributed by atoms with Gasteiger partial charge in [-0.2, -0.15) is 5.26 Å². The molecule has 1 aliphatic heterocycles. The predicted molar refractivity (Wildman–Crippen MR) is 64.6 cm³/mol. The normalized spacial score (nSPS) is 21.2. The van der Waals surface area contributed by atoms with Crippen molar-refractivity contribution in [2.45, 2.75) is 38.1 Å². The largest absolute Gasteiger partial charge is 0.481 e. The Balaban J connectivity index is 2.53. The molecule has 0 aromatic heterocycles. The Kier molecular flexibility index (Phi) is 5.39. The van der Waals surface area contributed by atoms with Gasteiger partial charge in [-0.05, 0) is 32.7 Å². The van der Waals surface area contributed by atoms with Gasteiger partial charge in [-0.15, -0.1) is 0 Å². The molecule has 1 rings (SSSR count). The molecule has 1 aliphatic rings. The fraction of sp³-hybridized carbons (Fsp3) is 0.833. The van der Waals surface area contributed by atoms with Gasteiger partial charge in [-0.25, -0.2) is 0 Å². The number of hydrogen-bond acceptors (Lipinski definition) is 4. The molecular weight excluding hydrogens is 218 g/mol. The van der Waals surface area contributed by atoms with Gasteiger partial charge >= 0.3 is 5.97 Å². The zero-order valence-electron chi connectivity index (χ0n) is 10.4. The second-order valence-electron chi connectivity index (χ2n) is 4.72. The number of nitrogens with one attached hydrogen (secondary N) is 1. The summed E-state index contributed by atoms with van der Waals surface area (Å²) in [5.74, 6) is -0.789. The smallest absolute Gasteiger partial charge is 0.303 e. The van der Waals surface area contributed by atoms with E-state index in [0.29, 0.717) is 12.8 Å². The molecule has 1 heterocycles. The van der Waals surface area contributed by atoms with Gasteiger partial charge in [0.05, 0.1) is 6.07 Å². The first-order chi connectivity index (χ1) is 8.08. The summed E-state index contributed by atoms with van der Waals surface area (Å²) in [6, 6.07) is 2.35. The van der Waals surface area contributed by atoms with Gasteiger partial charge in [-0.1, -0.05) is 0 Å². The zero-order valence-corrected chi connectivity index (χ0v) is 10.4. The molecule has 2 N–H and O–H groups in total. The van der Waals surface area contributed by atoms with Crippen LogP contribution < -0.4 is 5.32 Å². The summed E-state index contributed by atoms with van der Waals surface area (Å²) in [5.41, 5.74) is -0.526. The van der Waals surface area contributed by atoms with E-state index in [1.165, 1.54) is 0 Å². The second-order valence-corrected chi connectivity index (χ2v) is 4.72. The van der Waals surface area contributed by atoms with Crippen molar-refractivity contribution in [3.8, 4) is 6.07 Å². The van der Waals surface area contributed by atoms with Crippen molar-refractivity contribution in [1.29, 1.82) is 5.26 Å². The average Bonchev–Trinajstić information content (AvgIpc) is 2.57. The van der Waals surface area contributed by atoms with E-state index in [1.807, 2.05) is 6.92 Å². The minimum Gasteiger partial charge on any atom is -0.481 e. The van der Waals surface area contributed by atoms with Crippen LogP contribution in [0.25, 0.3) is 0 Å². The predicted octanol–water partition coefficient (Wildman–Crippen LogP) is 0.819. The fourth-order valence-corrected chi connectivity index (χ4v) is 2.21. The number of carbonyl (C=O) groups is 1. The van der Waals surface area contributed by atoms with Gasteiger partial charge in [0.25, 0.3) is 0 Å². The first-order valence-electron chi connectivity index (χ1n) is 6.17. The van der Waals surface area contributed by atoms with Crippen LogP contribution in [0.5, 0.6) is 0 Å². The van der Waals surface area contributed by atoms with E-state index in [9.17, 15) is 10.1 Å². The van der Waals surface area contributed by atoms with Crippen LogP contribution >= 0.6 is 0 Å². The fourth-order valence-electron chi connectivity index (χ4n) is 2.21. The van der Waals surface area contributed by atoms with Gasteiger partial charge in [0.1, 0.15) is 5.54 Å². The van der Waals surface area contributed by atoms with Crippen LogP contribution in [0.15, 0.2) is 0 Å². The van der Waals surface area contributed by atoms with E-state index >= 15 is 0 Å². The summed E-state index contributed by atoms with van der Waals surface area (Å²) in [4.78, 5) is 12.7. The molecule has 0 aromatic rings. The molecule has 0 aromatic carbocycles. The summed E-state index contributed by atoms with van der Waals surface area (Å²) in [5, 5.41) is 21.3. The summed E-state index contributed by atoms with van der Waals surface area (Å²) < 4.78 is 0. The minimum absolute atomic E-state index is 0.142. The molecule has 5 nitrogen and oxygen atoms in total. The molecule has 5 heteroatoms. The molecule has 0 saturated carbocycles. The molecule has 1 saturated heterocycles. The number of nitriles is 1. The number of nitrogens with zero attached hydrogens (tertiary/aromatic N) is 2. The average molecular weight is 239 g/mol. The van der Waals surface area contributed by atoms with E-state index in [2.05, 4.69) is 16.3 Å². The van der Waals surface area contributed by atoms with Gasteiger partial charge in [0.2, 0.25) is 0 Å². The lowest BCUT2D eigenvalue weighted by atomic mass is 9.94. The van der Waals surface area contributed by atoms with Crippen molar-refractivity contribution >= 4 is 5.97 Å². The summed E-state index contributed by atoms with van der Waals surface area (Å²) in [7, 11) is 0. The second kappa shape index (κ2) is 6.58. The van der Waals surface area contributed by atoms with Crippen molar-refractivity contribution in [3.63, 3.8) is 0 Å². The molecule has 96 valence electrons. The highest BCUT2D eigenvalue weighted by Gasteiger charge is 2.31. The standard InChI is InChI=1S/C12H21N3O2/c1-12(10-13,5-2-4-11(16)17)15-8-3-6-14-7-9-15/h14H,2-9H2,1H3,(H,16,17). The third-order valence-corrected chi connectivity index (χ3v) is 3.33. The lowest BCUT2D eigenvalue weighted by molar-refractivity contribution is -0.137. The number of carboxylic acids is 1. The van der Waals surface area contributed by atoms with Crippen molar-refractivity contribution in [2.75, 3.05) is 26.2 Å². The van der Waals surface area contributed by atoms with E-state index in [0.717, 1.165) is 32.6 Å². The Morgan fingerprint density at radius 1 is 1.53 bits per heavy atom. The Hall–Kier alpha value is -1.12. The molecule has 1 fully saturated rings. The highest BCUT2D eigenvalue weighted by molar-refractivity contribution is 5.66. The lowest BCUT2D eigenvalue weighted by Gasteiger charge is -2.35. The highest BCUT2D eigenvalue weighted by atomic mass is 16.4.